The third-order valence-corrected chi connectivity index (χ3v) is 3.24. The predicted molar refractivity (Wildman–Crippen MR) is 123 cm³/mol. The van der Waals surface area contributed by atoms with Gasteiger partial charge in [0.05, 0.1) is 11.0 Å². The summed E-state index contributed by atoms with van der Waals surface area (Å²) in [4.78, 5) is 8.31. The fourth-order valence-corrected chi connectivity index (χ4v) is 2.16. The second-order valence-electron chi connectivity index (χ2n) is 4.86. The quantitative estimate of drug-likeness (QED) is 0.310. The molecule has 2 heterocycles. The Morgan fingerprint density at radius 3 is 1.29 bits per heavy atom. The largest absolute Gasteiger partial charge is 0.384 e. The second-order valence-corrected chi connectivity index (χ2v) is 4.86. The zero-order valence-corrected chi connectivity index (χ0v) is 17.5. The van der Waals surface area contributed by atoms with Crippen LogP contribution in [0.1, 0.15) is 0 Å². The number of hydrogen-bond acceptors (Lipinski definition) is 4. The monoisotopic (exact) mass is 544 g/mol. The molecule has 2 aromatic heterocycles. The fraction of sp³-hybridized carbons (Fsp3) is 0. The van der Waals surface area contributed by atoms with Gasteiger partial charge < -0.3 is 11.5 Å². The fourth-order valence-electron chi connectivity index (χ4n) is 2.16. The van der Waals surface area contributed by atoms with Gasteiger partial charge in [0.1, 0.15) is 11.6 Å². The minimum Gasteiger partial charge on any atom is -0.384 e. The average Bonchev–Trinajstić information content (AvgIpc) is 2.55. The molecule has 0 unspecified atom stereocenters. The molecule has 0 bridgehead atoms. The molecule has 0 radical (unpaired) electrons. The first-order chi connectivity index (χ1) is 10.7. The van der Waals surface area contributed by atoms with E-state index in [0.29, 0.717) is 11.6 Å². The topological polar surface area (TPSA) is 77.8 Å². The highest BCUT2D eigenvalue weighted by molar-refractivity contribution is 14.0. The van der Waals surface area contributed by atoms with E-state index in [1.54, 1.807) is 0 Å². The summed E-state index contributed by atoms with van der Waals surface area (Å²) in [5, 5.41) is 2.25. The van der Waals surface area contributed by atoms with Crippen LogP contribution in [0.25, 0.3) is 21.8 Å². The Morgan fingerprint density at radius 2 is 0.875 bits per heavy atom. The maximum atomic E-state index is 5.51. The van der Waals surface area contributed by atoms with E-state index in [4.69, 9.17) is 11.5 Å². The second kappa shape index (κ2) is 9.58. The molecule has 0 atom stereocenters. The van der Waals surface area contributed by atoms with Crippen molar-refractivity contribution in [1.29, 1.82) is 0 Å². The summed E-state index contributed by atoms with van der Waals surface area (Å²) in [6, 6.07) is 23.4. The molecule has 0 amide bonds. The van der Waals surface area contributed by atoms with Gasteiger partial charge in [-0.3, -0.25) is 0 Å². The molecule has 124 valence electrons. The number of aromatic nitrogens is 2. The Bertz CT molecular complexity index is 851. The molecule has 0 fully saturated rings. The Morgan fingerprint density at radius 1 is 0.500 bits per heavy atom. The lowest BCUT2D eigenvalue weighted by Crippen LogP contribution is -1.88. The number of benzene rings is 2. The Balaban J connectivity index is 0.000000222. The minimum absolute atomic E-state index is 0. The van der Waals surface area contributed by atoms with Crippen LogP contribution in [0, 0.1) is 0 Å². The van der Waals surface area contributed by atoms with E-state index in [9.17, 15) is 0 Å². The molecule has 6 heteroatoms. The summed E-state index contributed by atoms with van der Waals surface area (Å²) >= 11 is 0. The number of halogens is 2. The van der Waals surface area contributed by atoms with Crippen molar-refractivity contribution in [2.75, 3.05) is 11.5 Å². The summed E-state index contributed by atoms with van der Waals surface area (Å²) in [7, 11) is 0. The van der Waals surface area contributed by atoms with Crippen molar-refractivity contribution in [3.63, 3.8) is 0 Å². The molecule has 24 heavy (non-hydrogen) atoms. The molecular weight excluding hydrogens is 526 g/mol. The number of fused-ring (bicyclic) bond motifs is 2. The van der Waals surface area contributed by atoms with Gasteiger partial charge in [0.25, 0.3) is 0 Å². The highest BCUT2D eigenvalue weighted by Gasteiger charge is 1.92. The molecule has 0 saturated heterocycles. The lowest BCUT2D eigenvalue weighted by Gasteiger charge is -1.95. The number of anilines is 2. The summed E-state index contributed by atoms with van der Waals surface area (Å²) in [5.74, 6) is 1.15. The van der Waals surface area contributed by atoms with Crippen LogP contribution in [0.2, 0.25) is 0 Å². The molecule has 4 nitrogen and oxygen atoms in total. The van der Waals surface area contributed by atoms with Gasteiger partial charge in [-0.1, -0.05) is 36.4 Å². The van der Waals surface area contributed by atoms with E-state index in [2.05, 4.69) is 9.97 Å². The Hall–Kier alpha value is -1.68. The van der Waals surface area contributed by atoms with Crippen LogP contribution >= 0.6 is 48.0 Å². The lowest BCUT2D eigenvalue weighted by molar-refractivity contribution is 1.42. The van der Waals surface area contributed by atoms with Gasteiger partial charge in [0, 0.05) is 10.8 Å². The maximum absolute atomic E-state index is 5.51. The number of rotatable bonds is 0. The molecule has 2 aromatic carbocycles. The van der Waals surface area contributed by atoms with E-state index in [1.165, 1.54) is 0 Å². The molecule has 0 saturated carbocycles. The molecule has 0 spiro atoms. The number of nitrogen functional groups attached to an aromatic ring is 2. The van der Waals surface area contributed by atoms with Gasteiger partial charge in [0.15, 0.2) is 0 Å². The van der Waals surface area contributed by atoms with Crippen LogP contribution in [0.3, 0.4) is 0 Å². The highest BCUT2D eigenvalue weighted by atomic mass is 127. The zero-order valence-electron chi connectivity index (χ0n) is 12.8. The smallest absolute Gasteiger partial charge is 0.124 e. The average molecular weight is 544 g/mol. The number of para-hydroxylation sites is 2. The van der Waals surface area contributed by atoms with Gasteiger partial charge >= 0.3 is 0 Å². The first-order valence-electron chi connectivity index (χ1n) is 6.95. The first kappa shape index (κ1) is 20.4. The van der Waals surface area contributed by atoms with Crippen molar-refractivity contribution in [2.45, 2.75) is 0 Å². The predicted octanol–water partition coefficient (Wildman–Crippen LogP) is 4.87. The van der Waals surface area contributed by atoms with Crippen molar-refractivity contribution >= 4 is 81.4 Å². The summed E-state index contributed by atoms with van der Waals surface area (Å²) in [6.45, 7) is 0. The highest BCUT2D eigenvalue weighted by Crippen LogP contribution is 2.12. The standard InChI is InChI=1S/2C9H8N2.2HI/c2*10-9-6-5-7-3-1-2-4-8(7)11-9;;/h2*1-6H,(H2,10,11);2*1H. The number of hydrogen-bond donors (Lipinski definition) is 2. The first-order valence-corrected chi connectivity index (χ1v) is 6.95. The SMILES string of the molecule is I.I.Nc1ccc2ccccc2n1.Nc1ccc2ccccc2n1. The minimum atomic E-state index is 0. The molecule has 4 rings (SSSR count). The van der Waals surface area contributed by atoms with E-state index in [-0.39, 0.29) is 48.0 Å². The molecule has 0 aliphatic rings. The van der Waals surface area contributed by atoms with E-state index in [1.807, 2.05) is 72.8 Å². The maximum Gasteiger partial charge on any atom is 0.124 e. The van der Waals surface area contributed by atoms with Crippen LogP contribution in [-0.4, -0.2) is 9.97 Å². The summed E-state index contributed by atoms with van der Waals surface area (Å²) in [5.41, 5.74) is 12.9. The number of nitrogens with zero attached hydrogens (tertiary/aromatic N) is 2. The third kappa shape index (κ3) is 5.17. The van der Waals surface area contributed by atoms with E-state index >= 15 is 0 Å². The lowest BCUT2D eigenvalue weighted by atomic mass is 10.2. The van der Waals surface area contributed by atoms with Crippen LogP contribution in [0.15, 0.2) is 72.8 Å². The van der Waals surface area contributed by atoms with Crippen molar-refractivity contribution in [2.24, 2.45) is 0 Å². The summed E-state index contributed by atoms with van der Waals surface area (Å²) < 4.78 is 0. The molecular formula is C18H18I2N4. The van der Waals surface area contributed by atoms with Crippen molar-refractivity contribution < 1.29 is 0 Å². The number of nitrogens with two attached hydrogens (primary N) is 2. The van der Waals surface area contributed by atoms with E-state index < -0.39 is 0 Å². The number of pyridine rings is 2. The third-order valence-electron chi connectivity index (χ3n) is 3.24. The van der Waals surface area contributed by atoms with Crippen molar-refractivity contribution in [1.82, 2.24) is 9.97 Å². The van der Waals surface area contributed by atoms with E-state index in [0.717, 1.165) is 21.8 Å². The van der Waals surface area contributed by atoms with Crippen LogP contribution in [-0.2, 0) is 0 Å². The van der Waals surface area contributed by atoms with Gasteiger partial charge in [0.2, 0.25) is 0 Å². The molecule has 4 N–H and O–H groups in total. The molecule has 0 aliphatic carbocycles. The normalized spacial score (nSPS) is 9.33. The van der Waals surface area contributed by atoms with Crippen LogP contribution < -0.4 is 11.5 Å². The van der Waals surface area contributed by atoms with Gasteiger partial charge in [-0.05, 0) is 36.4 Å². The zero-order chi connectivity index (χ0) is 15.4. The van der Waals surface area contributed by atoms with Gasteiger partial charge in [-0.25, -0.2) is 9.97 Å². The van der Waals surface area contributed by atoms with Gasteiger partial charge in [-0.15, -0.1) is 48.0 Å². The van der Waals surface area contributed by atoms with Crippen LogP contribution in [0.5, 0.6) is 0 Å². The van der Waals surface area contributed by atoms with Gasteiger partial charge in [-0.2, -0.15) is 0 Å². The summed E-state index contributed by atoms with van der Waals surface area (Å²) in [6.07, 6.45) is 0. The Kier molecular flexibility index (Phi) is 8.13. The Labute approximate surface area is 174 Å². The molecule has 0 aliphatic heterocycles. The van der Waals surface area contributed by atoms with Crippen LogP contribution in [0.4, 0.5) is 11.6 Å². The van der Waals surface area contributed by atoms with Crippen molar-refractivity contribution in [3.8, 4) is 0 Å². The molecule has 4 aromatic rings. The van der Waals surface area contributed by atoms with Crippen molar-refractivity contribution in [3.05, 3.63) is 72.8 Å².